The fraction of sp³-hybridized carbons (Fsp3) is 0.462. The highest BCUT2D eigenvalue weighted by Gasteiger charge is 2.28. The van der Waals surface area contributed by atoms with Crippen molar-refractivity contribution in [1.82, 2.24) is 0 Å². The molecule has 4 N–H and O–H groups in total. The second kappa shape index (κ2) is 4.94. The minimum atomic E-state index is -0.337. The normalized spacial score (nSPS) is 23.2. The van der Waals surface area contributed by atoms with E-state index in [0.717, 1.165) is 18.7 Å². The molecule has 0 spiro atoms. The lowest BCUT2D eigenvalue weighted by molar-refractivity contribution is 0.630. The Balaban J connectivity index is 2.48. The molecule has 2 unspecified atom stereocenters. The third-order valence-electron chi connectivity index (χ3n) is 3.48. The van der Waals surface area contributed by atoms with Gasteiger partial charge in [-0.05, 0) is 25.5 Å². The summed E-state index contributed by atoms with van der Waals surface area (Å²) in [5.41, 5.74) is 7.78. The zero-order chi connectivity index (χ0) is 13.3. The maximum absolute atomic E-state index is 13.7. The standard InChI is InChI=1S/C13H19FN4/c1-8-5-9(16)7-18(8)12-4-3-11(14)13(17-2)10(12)6-15/h3-4,6,8-9,15,17H,5,7,16H2,1-2H3. The number of rotatable bonds is 3. The van der Waals surface area contributed by atoms with Gasteiger partial charge < -0.3 is 21.4 Å². The van der Waals surface area contributed by atoms with Gasteiger partial charge in [-0.25, -0.2) is 4.39 Å². The number of anilines is 2. The number of hydrogen-bond acceptors (Lipinski definition) is 4. The van der Waals surface area contributed by atoms with E-state index in [4.69, 9.17) is 11.1 Å². The Hall–Kier alpha value is -1.62. The predicted octanol–water partition coefficient (Wildman–Crippen LogP) is 1.79. The molecule has 0 saturated carbocycles. The molecule has 0 amide bonds. The molecule has 98 valence electrons. The molecule has 0 radical (unpaired) electrons. The Morgan fingerprint density at radius 2 is 2.28 bits per heavy atom. The van der Waals surface area contributed by atoms with Crippen molar-refractivity contribution in [2.75, 3.05) is 23.8 Å². The van der Waals surface area contributed by atoms with Crippen molar-refractivity contribution in [1.29, 1.82) is 5.41 Å². The first-order valence-corrected chi connectivity index (χ1v) is 6.11. The van der Waals surface area contributed by atoms with Crippen molar-refractivity contribution < 1.29 is 4.39 Å². The predicted molar refractivity (Wildman–Crippen MR) is 73.2 cm³/mol. The number of nitrogens with two attached hydrogens (primary N) is 1. The van der Waals surface area contributed by atoms with E-state index >= 15 is 0 Å². The van der Waals surface area contributed by atoms with Crippen molar-refractivity contribution in [2.45, 2.75) is 25.4 Å². The molecule has 5 heteroatoms. The molecular weight excluding hydrogens is 231 g/mol. The maximum atomic E-state index is 13.7. The number of nitrogens with one attached hydrogen (secondary N) is 2. The van der Waals surface area contributed by atoms with Crippen LogP contribution in [0.4, 0.5) is 15.8 Å². The van der Waals surface area contributed by atoms with Crippen LogP contribution in [0.1, 0.15) is 18.9 Å². The quantitative estimate of drug-likeness (QED) is 0.717. The van der Waals surface area contributed by atoms with Crippen LogP contribution in [-0.4, -0.2) is 31.9 Å². The first-order chi connectivity index (χ1) is 8.58. The van der Waals surface area contributed by atoms with Gasteiger partial charge in [0.25, 0.3) is 0 Å². The summed E-state index contributed by atoms with van der Waals surface area (Å²) in [6, 6.07) is 3.62. The minimum Gasteiger partial charge on any atom is -0.385 e. The summed E-state index contributed by atoms with van der Waals surface area (Å²) in [4.78, 5) is 2.14. The lowest BCUT2D eigenvalue weighted by Gasteiger charge is -2.26. The van der Waals surface area contributed by atoms with Crippen LogP contribution in [0.2, 0.25) is 0 Å². The highest BCUT2D eigenvalue weighted by Crippen LogP contribution is 2.32. The van der Waals surface area contributed by atoms with E-state index in [1.165, 1.54) is 12.3 Å². The lowest BCUT2D eigenvalue weighted by Crippen LogP contribution is -2.30. The summed E-state index contributed by atoms with van der Waals surface area (Å²) in [6.07, 6.45) is 2.12. The number of nitrogens with zero attached hydrogens (tertiary/aromatic N) is 1. The first kappa shape index (κ1) is 12.8. The zero-order valence-electron chi connectivity index (χ0n) is 10.7. The van der Waals surface area contributed by atoms with E-state index in [2.05, 4.69) is 17.1 Å². The van der Waals surface area contributed by atoms with Gasteiger partial charge in [0.1, 0.15) is 5.82 Å². The summed E-state index contributed by atoms with van der Waals surface area (Å²) in [6.45, 7) is 2.85. The van der Waals surface area contributed by atoms with Crippen molar-refractivity contribution in [3.8, 4) is 0 Å². The van der Waals surface area contributed by atoms with Gasteiger partial charge in [0.05, 0.1) is 5.69 Å². The topological polar surface area (TPSA) is 65.1 Å². The van der Waals surface area contributed by atoms with Crippen LogP contribution in [0, 0.1) is 11.2 Å². The van der Waals surface area contributed by atoms with Gasteiger partial charge in [-0.1, -0.05) is 0 Å². The SMILES string of the molecule is CNc1c(F)ccc(N2CC(N)CC2C)c1C=N. The molecule has 4 nitrogen and oxygen atoms in total. The molecule has 1 aromatic carbocycles. The second-order valence-corrected chi connectivity index (χ2v) is 4.75. The van der Waals surface area contributed by atoms with Gasteiger partial charge in [-0.15, -0.1) is 0 Å². The largest absolute Gasteiger partial charge is 0.385 e. The van der Waals surface area contributed by atoms with Gasteiger partial charge in [0.2, 0.25) is 0 Å². The molecular formula is C13H19FN4. The second-order valence-electron chi connectivity index (χ2n) is 4.75. The van der Waals surface area contributed by atoms with Crippen LogP contribution in [-0.2, 0) is 0 Å². The van der Waals surface area contributed by atoms with Gasteiger partial charge >= 0.3 is 0 Å². The molecule has 0 aromatic heterocycles. The third kappa shape index (κ3) is 2.06. The van der Waals surface area contributed by atoms with Gasteiger partial charge in [0.15, 0.2) is 0 Å². The Kier molecular flexibility index (Phi) is 3.52. The van der Waals surface area contributed by atoms with Crippen molar-refractivity contribution in [3.05, 3.63) is 23.5 Å². The van der Waals surface area contributed by atoms with Crippen molar-refractivity contribution in [2.24, 2.45) is 5.73 Å². The average molecular weight is 250 g/mol. The molecule has 1 aliphatic rings. The summed E-state index contributed by atoms with van der Waals surface area (Å²) >= 11 is 0. The van der Waals surface area contributed by atoms with Gasteiger partial charge in [-0.2, -0.15) is 0 Å². The smallest absolute Gasteiger partial charge is 0.147 e. The Bertz CT molecular complexity index is 461. The van der Waals surface area contributed by atoms with Gasteiger partial charge in [-0.3, -0.25) is 0 Å². The van der Waals surface area contributed by atoms with Crippen LogP contribution in [0.25, 0.3) is 0 Å². The van der Waals surface area contributed by atoms with Crippen LogP contribution in [0.3, 0.4) is 0 Å². The molecule has 1 aliphatic heterocycles. The fourth-order valence-electron chi connectivity index (χ4n) is 2.64. The first-order valence-electron chi connectivity index (χ1n) is 6.11. The van der Waals surface area contributed by atoms with E-state index < -0.39 is 0 Å². The highest BCUT2D eigenvalue weighted by atomic mass is 19.1. The van der Waals surface area contributed by atoms with Crippen LogP contribution < -0.4 is 16.0 Å². The number of halogens is 1. The molecule has 1 saturated heterocycles. The monoisotopic (exact) mass is 250 g/mol. The summed E-state index contributed by atoms with van der Waals surface area (Å²) < 4.78 is 13.7. The number of hydrogen-bond donors (Lipinski definition) is 3. The van der Waals surface area contributed by atoms with E-state index in [9.17, 15) is 4.39 Å². The van der Waals surface area contributed by atoms with Crippen LogP contribution >= 0.6 is 0 Å². The Labute approximate surface area is 106 Å². The third-order valence-corrected chi connectivity index (χ3v) is 3.48. The zero-order valence-corrected chi connectivity index (χ0v) is 10.7. The minimum absolute atomic E-state index is 0.140. The molecule has 2 rings (SSSR count). The van der Waals surface area contributed by atoms with Crippen LogP contribution in [0.5, 0.6) is 0 Å². The Morgan fingerprint density at radius 3 is 2.78 bits per heavy atom. The highest BCUT2D eigenvalue weighted by molar-refractivity contribution is 5.94. The summed E-state index contributed by atoms with van der Waals surface area (Å²) in [5.74, 6) is -0.337. The van der Waals surface area contributed by atoms with Gasteiger partial charge in [0, 0.05) is 43.1 Å². The van der Waals surface area contributed by atoms with E-state index in [1.54, 1.807) is 13.1 Å². The lowest BCUT2D eigenvalue weighted by atomic mass is 10.1. The molecule has 0 aliphatic carbocycles. The van der Waals surface area contributed by atoms with Crippen LogP contribution in [0.15, 0.2) is 12.1 Å². The van der Waals surface area contributed by atoms with E-state index in [1.807, 2.05) is 0 Å². The molecule has 1 heterocycles. The molecule has 1 fully saturated rings. The van der Waals surface area contributed by atoms with E-state index in [-0.39, 0.29) is 11.9 Å². The molecule has 2 atom stereocenters. The maximum Gasteiger partial charge on any atom is 0.147 e. The summed E-state index contributed by atoms with van der Waals surface area (Å²) in [5, 5.41) is 10.3. The molecule has 1 aromatic rings. The Morgan fingerprint density at radius 1 is 1.56 bits per heavy atom. The fourth-order valence-corrected chi connectivity index (χ4v) is 2.64. The molecule has 0 bridgehead atoms. The van der Waals surface area contributed by atoms with Crippen molar-refractivity contribution in [3.63, 3.8) is 0 Å². The van der Waals surface area contributed by atoms with E-state index in [0.29, 0.717) is 17.3 Å². The average Bonchev–Trinajstić information content (AvgIpc) is 2.67. The van der Waals surface area contributed by atoms with Crippen molar-refractivity contribution >= 4 is 17.6 Å². The number of benzene rings is 1. The molecule has 18 heavy (non-hydrogen) atoms. The summed E-state index contributed by atoms with van der Waals surface area (Å²) in [7, 11) is 1.66.